The van der Waals surface area contributed by atoms with Crippen LogP contribution in [0.1, 0.15) is 43.5 Å². The zero-order valence-corrected chi connectivity index (χ0v) is 21.3. The Balaban J connectivity index is 2.45. The number of thiol groups is 1. The van der Waals surface area contributed by atoms with E-state index < -0.39 is 35.6 Å². The summed E-state index contributed by atoms with van der Waals surface area (Å²) < 4.78 is 5.25. The lowest BCUT2D eigenvalue weighted by molar-refractivity contribution is -0.136. The highest BCUT2D eigenvalue weighted by atomic mass is 32.1. The first-order valence-corrected chi connectivity index (χ1v) is 11.6. The molecule has 0 saturated carbocycles. The number of nitrogens with zero attached hydrogens (tertiary/aromatic N) is 1. The number of hydrogen-bond acceptors (Lipinski definition) is 5. The van der Waals surface area contributed by atoms with Gasteiger partial charge in [0.2, 0.25) is 0 Å². The van der Waals surface area contributed by atoms with Gasteiger partial charge in [-0.2, -0.15) is 12.6 Å². The predicted octanol–water partition coefficient (Wildman–Crippen LogP) is 4.56. The molecule has 0 bridgehead atoms. The fourth-order valence-electron chi connectivity index (χ4n) is 3.26. The van der Waals surface area contributed by atoms with E-state index in [2.05, 4.69) is 35.9 Å². The molecular formula is C27H31N3O4S. The van der Waals surface area contributed by atoms with E-state index in [4.69, 9.17) is 11.2 Å². The van der Waals surface area contributed by atoms with E-state index in [1.165, 1.54) is 0 Å². The number of hydrogen-bond donors (Lipinski definition) is 3. The molecule has 8 heteroatoms. The standard InChI is InChI=1S/C27H31N3O4S/c1-7-19-13-11-14-20(16-19)23(24(31)28-21-15-10-9-12-18(21)3)30(8-2)25(32)22(17-35)29-26(33)34-27(4,5)6/h2,7,9-16,22-23,35H,1,17H2,3-6H3,(H,28,31)(H,29,33). The van der Waals surface area contributed by atoms with Crippen molar-refractivity contribution >= 4 is 42.3 Å². The summed E-state index contributed by atoms with van der Waals surface area (Å²) >= 11 is 4.21. The van der Waals surface area contributed by atoms with E-state index in [0.29, 0.717) is 11.3 Å². The molecule has 2 N–H and O–H groups in total. The molecule has 0 aromatic heterocycles. The van der Waals surface area contributed by atoms with Gasteiger partial charge in [-0.25, -0.2) is 4.79 Å². The highest BCUT2D eigenvalue weighted by molar-refractivity contribution is 7.80. The fraction of sp³-hybridized carbons (Fsp3) is 0.296. The van der Waals surface area contributed by atoms with Gasteiger partial charge in [0.25, 0.3) is 11.8 Å². The summed E-state index contributed by atoms with van der Waals surface area (Å²) in [4.78, 5) is 40.3. The van der Waals surface area contributed by atoms with Gasteiger partial charge in [-0.3, -0.25) is 14.5 Å². The van der Waals surface area contributed by atoms with Crippen molar-refractivity contribution < 1.29 is 19.1 Å². The lowest BCUT2D eigenvalue weighted by Gasteiger charge is -2.30. The molecule has 7 nitrogen and oxygen atoms in total. The topological polar surface area (TPSA) is 87.7 Å². The molecular weight excluding hydrogens is 462 g/mol. The summed E-state index contributed by atoms with van der Waals surface area (Å²) in [6, 6.07) is 14.3. The van der Waals surface area contributed by atoms with Crippen LogP contribution in [-0.2, 0) is 14.3 Å². The van der Waals surface area contributed by atoms with Crippen molar-refractivity contribution in [2.24, 2.45) is 0 Å². The highest BCUT2D eigenvalue weighted by Crippen LogP contribution is 2.26. The molecule has 2 rings (SSSR count). The van der Waals surface area contributed by atoms with Crippen LogP contribution in [0.3, 0.4) is 0 Å². The number of nitrogens with one attached hydrogen (secondary N) is 2. The Morgan fingerprint density at radius 2 is 1.89 bits per heavy atom. The number of para-hydroxylation sites is 1. The normalized spacial score (nSPS) is 12.5. The van der Waals surface area contributed by atoms with E-state index in [0.717, 1.165) is 16.0 Å². The summed E-state index contributed by atoms with van der Waals surface area (Å²) in [5.74, 6) is -1.25. The second-order valence-corrected chi connectivity index (χ2v) is 9.16. The maximum absolute atomic E-state index is 13.5. The van der Waals surface area contributed by atoms with Crippen LogP contribution in [0.2, 0.25) is 0 Å². The minimum atomic E-state index is -1.19. The van der Waals surface area contributed by atoms with E-state index in [-0.39, 0.29) is 5.75 Å². The SMILES string of the molecule is C#CN(C(=O)C(CS)NC(=O)OC(C)(C)C)C(C(=O)Nc1ccccc1C)c1cccc(C=C)c1. The molecule has 2 atom stereocenters. The van der Waals surface area contributed by atoms with Gasteiger partial charge in [-0.15, -0.1) is 0 Å². The molecule has 0 aliphatic carbocycles. The number of benzene rings is 2. The van der Waals surface area contributed by atoms with Crippen molar-refractivity contribution in [3.8, 4) is 12.5 Å². The first-order valence-electron chi connectivity index (χ1n) is 11.0. The molecule has 0 spiro atoms. The summed E-state index contributed by atoms with van der Waals surface area (Å²) in [6.45, 7) is 10.7. The molecule has 2 unspecified atom stereocenters. The van der Waals surface area contributed by atoms with Crippen LogP contribution in [0.5, 0.6) is 0 Å². The third-order valence-electron chi connectivity index (χ3n) is 4.92. The fourth-order valence-corrected chi connectivity index (χ4v) is 3.50. The third-order valence-corrected chi connectivity index (χ3v) is 5.28. The second kappa shape index (κ2) is 12.1. The van der Waals surface area contributed by atoms with Crippen molar-refractivity contribution in [1.82, 2.24) is 10.2 Å². The number of ether oxygens (including phenoxy) is 1. The molecule has 0 saturated heterocycles. The molecule has 0 heterocycles. The lowest BCUT2D eigenvalue weighted by Crippen LogP contribution is -2.51. The third kappa shape index (κ3) is 7.66. The van der Waals surface area contributed by atoms with Crippen LogP contribution in [-0.4, -0.2) is 40.2 Å². The van der Waals surface area contributed by atoms with Gasteiger partial charge in [0.05, 0.1) is 0 Å². The van der Waals surface area contributed by atoms with Crippen molar-refractivity contribution in [2.45, 2.75) is 45.4 Å². The largest absolute Gasteiger partial charge is 0.444 e. The minimum Gasteiger partial charge on any atom is -0.444 e. The smallest absolute Gasteiger partial charge is 0.408 e. The first kappa shape index (κ1) is 27.5. The van der Waals surface area contributed by atoms with Crippen molar-refractivity contribution in [3.05, 3.63) is 71.8 Å². The Morgan fingerprint density at radius 3 is 2.46 bits per heavy atom. The molecule has 0 aliphatic rings. The van der Waals surface area contributed by atoms with E-state index >= 15 is 0 Å². The van der Waals surface area contributed by atoms with Gasteiger partial charge in [-0.05, 0) is 56.5 Å². The molecule has 184 valence electrons. The van der Waals surface area contributed by atoms with Crippen LogP contribution in [0.25, 0.3) is 6.08 Å². The van der Waals surface area contributed by atoms with E-state index in [1.54, 1.807) is 57.2 Å². The number of amides is 3. The van der Waals surface area contributed by atoms with Gasteiger partial charge < -0.3 is 15.4 Å². The Hall–Kier alpha value is -3.70. The molecule has 3 amide bonds. The molecule has 2 aromatic carbocycles. The van der Waals surface area contributed by atoms with Crippen LogP contribution < -0.4 is 10.6 Å². The van der Waals surface area contributed by atoms with Crippen molar-refractivity contribution in [1.29, 1.82) is 0 Å². The number of carbonyl (C=O) groups excluding carboxylic acids is 3. The van der Waals surface area contributed by atoms with Crippen molar-refractivity contribution in [3.63, 3.8) is 0 Å². The minimum absolute atomic E-state index is 0.0604. The second-order valence-electron chi connectivity index (χ2n) is 8.80. The monoisotopic (exact) mass is 493 g/mol. The van der Waals surface area contributed by atoms with E-state index in [9.17, 15) is 14.4 Å². The number of terminal acetylenes is 1. The molecule has 2 aromatic rings. The molecule has 0 aliphatic heterocycles. The number of alkyl carbamates (subject to hydrolysis) is 1. The first-order chi connectivity index (χ1) is 16.5. The van der Waals surface area contributed by atoms with Gasteiger partial charge in [0, 0.05) is 17.5 Å². The zero-order valence-electron chi connectivity index (χ0n) is 20.4. The molecule has 35 heavy (non-hydrogen) atoms. The number of anilines is 1. The Kier molecular flexibility index (Phi) is 9.55. The van der Waals surface area contributed by atoms with Crippen LogP contribution in [0.15, 0.2) is 55.1 Å². The number of carbonyl (C=O) groups is 3. The Morgan fingerprint density at radius 1 is 1.20 bits per heavy atom. The molecule has 0 radical (unpaired) electrons. The van der Waals surface area contributed by atoms with E-state index in [1.807, 2.05) is 25.1 Å². The predicted molar refractivity (Wildman–Crippen MR) is 142 cm³/mol. The summed E-state index contributed by atoms with van der Waals surface area (Å²) in [5.41, 5.74) is 1.90. The summed E-state index contributed by atoms with van der Waals surface area (Å²) in [6.07, 6.45) is 6.59. The highest BCUT2D eigenvalue weighted by Gasteiger charge is 2.35. The average molecular weight is 494 g/mol. The number of rotatable bonds is 8. The Bertz CT molecular complexity index is 1130. The summed E-state index contributed by atoms with van der Waals surface area (Å²) in [5, 5.41) is 5.35. The van der Waals surface area contributed by atoms with Gasteiger partial charge in [-0.1, -0.05) is 55.5 Å². The Labute approximate surface area is 212 Å². The van der Waals surface area contributed by atoms with Gasteiger partial charge in [0.1, 0.15) is 17.7 Å². The maximum Gasteiger partial charge on any atom is 0.408 e. The lowest BCUT2D eigenvalue weighted by atomic mass is 10.0. The van der Waals surface area contributed by atoms with Gasteiger partial charge >= 0.3 is 6.09 Å². The van der Waals surface area contributed by atoms with Gasteiger partial charge in [0.15, 0.2) is 0 Å². The van der Waals surface area contributed by atoms with Crippen LogP contribution in [0.4, 0.5) is 10.5 Å². The zero-order chi connectivity index (χ0) is 26.2. The van der Waals surface area contributed by atoms with Crippen molar-refractivity contribution in [2.75, 3.05) is 11.1 Å². The average Bonchev–Trinajstić information content (AvgIpc) is 2.80. The van der Waals surface area contributed by atoms with Crippen LogP contribution >= 0.6 is 12.6 Å². The number of aryl methyl sites for hydroxylation is 1. The maximum atomic E-state index is 13.5. The molecule has 0 fully saturated rings. The summed E-state index contributed by atoms with van der Waals surface area (Å²) in [7, 11) is 0. The van der Waals surface area contributed by atoms with Crippen LogP contribution in [0, 0.1) is 19.4 Å². The quantitative estimate of drug-likeness (QED) is 0.286.